The summed E-state index contributed by atoms with van der Waals surface area (Å²) in [7, 11) is 0. The summed E-state index contributed by atoms with van der Waals surface area (Å²) in [5.41, 5.74) is 5.10. The molecule has 1 aliphatic rings. The van der Waals surface area contributed by atoms with Crippen LogP contribution in [0.5, 0.6) is 0 Å². The first-order valence-electron chi connectivity index (χ1n) is 9.46. The molecule has 0 atom stereocenters. The number of carbonyl (C=O) groups excluding carboxylic acids is 1. The minimum Gasteiger partial charge on any atom is -0.371 e. The highest BCUT2D eigenvalue weighted by Gasteiger charge is 2.16. The lowest BCUT2D eigenvalue weighted by atomic mass is 10.0. The maximum atomic E-state index is 12.2. The van der Waals surface area contributed by atoms with E-state index in [1.807, 2.05) is 12.3 Å². The number of benzene rings is 2. The average molecular weight is 347 g/mol. The maximum absolute atomic E-state index is 12.2. The number of rotatable bonds is 6. The number of amides is 1. The Kier molecular flexibility index (Phi) is 4.91. The van der Waals surface area contributed by atoms with Crippen LogP contribution < -0.4 is 10.2 Å². The second kappa shape index (κ2) is 7.65. The lowest BCUT2D eigenvalue weighted by Gasteiger charge is -2.31. The van der Waals surface area contributed by atoms with Crippen LogP contribution in [0.25, 0.3) is 10.9 Å². The van der Waals surface area contributed by atoms with E-state index in [1.54, 1.807) is 0 Å². The van der Waals surface area contributed by atoms with Crippen molar-refractivity contribution in [1.82, 2.24) is 10.3 Å². The molecule has 0 fully saturated rings. The third kappa shape index (κ3) is 3.59. The van der Waals surface area contributed by atoms with Crippen LogP contribution in [0.2, 0.25) is 0 Å². The fourth-order valence-corrected chi connectivity index (χ4v) is 3.84. The third-order valence-corrected chi connectivity index (χ3v) is 5.21. The molecule has 4 nitrogen and oxygen atoms in total. The molecular weight excluding hydrogens is 322 g/mol. The van der Waals surface area contributed by atoms with Gasteiger partial charge in [-0.2, -0.15) is 0 Å². The van der Waals surface area contributed by atoms with E-state index in [0.717, 1.165) is 31.4 Å². The normalized spacial score (nSPS) is 13.6. The van der Waals surface area contributed by atoms with Crippen molar-refractivity contribution >= 4 is 22.5 Å². The molecule has 0 radical (unpaired) electrons. The van der Waals surface area contributed by atoms with Gasteiger partial charge in [0.2, 0.25) is 5.91 Å². The molecule has 2 aromatic carbocycles. The van der Waals surface area contributed by atoms with Crippen molar-refractivity contribution in [3.8, 4) is 0 Å². The zero-order valence-electron chi connectivity index (χ0n) is 15.0. The summed E-state index contributed by atoms with van der Waals surface area (Å²) in [6.45, 7) is 2.51. The second-order valence-corrected chi connectivity index (χ2v) is 6.93. The predicted molar refractivity (Wildman–Crippen MR) is 107 cm³/mol. The van der Waals surface area contributed by atoms with E-state index in [-0.39, 0.29) is 5.91 Å². The van der Waals surface area contributed by atoms with Gasteiger partial charge in [0.05, 0.1) is 0 Å². The van der Waals surface area contributed by atoms with Gasteiger partial charge in [0.25, 0.3) is 0 Å². The van der Waals surface area contributed by atoms with Gasteiger partial charge in [0.15, 0.2) is 0 Å². The number of aryl methyl sites for hydroxylation is 1. The van der Waals surface area contributed by atoms with Gasteiger partial charge in [-0.05, 0) is 42.5 Å². The number of aromatic nitrogens is 1. The molecule has 4 rings (SSSR count). The summed E-state index contributed by atoms with van der Waals surface area (Å²) in [5.74, 6) is 0.132. The van der Waals surface area contributed by atoms with Crippen molar-refractivity contribution in [3.63, 3.8) is 0 Å². The fourth-order valence-electron chi connectivity index (χ4n) is 3.84. The average Bonchev–Trinajstić information content (AvgIpc) is 3.09. The Balaban J connectivity index is 1.26. The van der Waals surface area contributed by atoms with E-state index in [0.29, 0.717) is 13.0 Å². The number of fused-ring (bicyclic) bond motifs is 2. The molecular formula is C22H25N3O. The molecule has 0 saturated carbocycles. The first-order chi connectivity index (χ1) is 12.8. The van der Waals surface area contributed by atoms with Gasteiger partial charge >= 0.3 is 0 Å². The number of carbonyl (C=O) groups is 1. The Morgan fingerprint density at radius 2 is 1.96 bits per heavy atom. The smallest absolute Gasteiger partial charge is 0.221 e. The summed E-state index contributed by atoms with van der Waals surface area (Å²) >= 11 is 0. The van der Waals surface area contributed by atoms with Crippen LogP contribution in [0, 0.1) is 0 Å². The van der Waals surface area contributed by atoms with Gasteiger partial charge in [-0.25, -0.2) is 0 Å². The number of aromatic amines is 1. The van der Waals surface area contributed by atoms with E-state index in [4.69, 9.17) is 0 Å². The van der Waals surface area contributed by atoms with Crippen LogP contribution in [-0.4, -0.2) is 30.5 Å². The topological polar surface area (TPSA) is 48.1 Å². The molecule has 2 N–H and O–H groups in total. The highest BCUT2D eigenvalue weighted by Crippen LogP contribution is 2.26. The standard InChI is InChI=1S/C22H25N3O/c26-22(12-15-25-14-5-7-17-6-1-4-10-21(17)25)23-13-11-18-16-24-20-9-3-2-8-19(18)20/h1-4,6,8-10,16,24H,5,7,11-15H2,(H,23,26). The Bertz CT molecular complexity index is 899. The molecule has 0 aliphatic carbocycles. The number of hydrogen-bond donors (Lipinski definition) is 2. The number of hydrogen-bond acceptors (Lipinski definition) is 2. The van der Waals surface area contributed by atoms with Crippen LogP contribution in [0.4, 0.5) is 5.69 Å². The van der Waals surface area contributed by atoms with E-state index < -0.39 is 0 Å². The summed E-state index contributed by atoms with van der Waals surface area (Å²) in [6, 6.07) is 16.8. The fraction of sp³-hybridized carbons (Fsp3) is 0.318. The van der Waals surface area contributed by atoms with Crippen LogP contribution in [0.1, 0.15) is 24.0 Å². The molecule has 0 bridgehead atoms. The molecule has 3 aromatic rings. The molecule has 26 heavy (non-hydrogen) atoms. The molecule has 1 aromatic heterocycles. The van der Waals surface area contributed by atoms with Crippen molar-refractivity contribution < 1.29 is 4.79 Å². The number of anilines is 1. The molecule has 1 amide bonds. The van der Waals surface area contributed by atoms with Crippen LogP contribution in [0.15, 0.2) is 54.7 Å². The van der Waals surface area contributed by atoms with Crippen molar-refractivity contribution in [2.24, 2.45) is 0 Å². The van der Waals surface area contributed by atoms with Gasteiger partial charge in [0.1, 0.15) is 0 Å². The van der Waals surface area contributed by atoms with Crippen molar-refractivity contribution in [1.29, 1.82) is 0 Å². The lowest BCUT2D eigenvalue weighted by molar-refractivity contribution is -0.120. The minimum atomic E-state index is 0.132. The second-order valence-electron chi connectivity index (χ2n) is 6.93. The molecule has 134 valence electrons. The van der Waals surface area contributed by atoms with E-state index >= 15 is 0 Å². The Labute approximate surface area is 154 Å². The molecule has 1 aliphatic heterocycles. The van der Waals surface area contributed by atoms with Crippen LogP contribution >= 0.6 is 0 Å². The van der Waals surface area contributed by atoms with Crippen molar-refractivity contribution in [3.05, 3.63) is 65.9 Å². The summed E-state index contributed by atoms with van der Waals surface area (Å²) in [6.07, 6.45) is 5.74. The molecule has 0 saturated heterocycles. The highest BCUT2D eigenvalue weighted by atomic mass is 16.1. The zero-order valence-corrected chi connectivity index (χ0v) is 15.0. The first-order valence-corrected chi connectivity index (χ1v) is 9.46. The lowest BCUT2D eigenvalue weighted by Crippen LogP contribution is -2.34. The number of nitrogens with one attached hydrogen (secondary N) is 2. The molecule has 4 heteroatoms. The van der Waals surface area contributed by atoms with Gasteiger partial charge in [-0.1, -0.05) is 36.4 Å². The summed E-state index contributed by atoms with van der Waals surface area (Å²) in [5, 5.41) is 4.31. The van der Waals surface area contributed by atoms with Gasteiger partial charge in [-0.15, -0.1) is 0 Å². The van der Waals surface area contributed by atoms with Crippen molar-refractivity contribution in [2.75, 3.05) is 24.5 Å². The Hall–Kier alpha value is -2.75. The molecule has 2 heterocycles. The van der Waals surface area contributed by atoms with Crippen LogP contribution in [-0.2, 0) is 17.6 Å². The van der Waals surface area contributed by atoms with Crippen LogP contribution in [0.3, 0.4) is 0 Å². The summed E-state index contributed by atoms with van der Waals surface area (Å²) < 4.78 is 0. The number of H-pyrrole nitrogens is 1. The summed E-state index contributed by atoms with van der Waals surface area (Å²) in [4.78, 5) is 17.9. The van der Waals surface area contributed by atoms with Gasteiger partial charge in [0, 0.05) is 48.8 Å². The zero-order chi connectivity index (χ0) is 17.8. The van der Waals surface area contributed by atoms with E-state index in [1.165, 1.54) is 28.6 Å². The quantitative estimate of drug-likeness (QED) is 0.715. The monoisotopic (exact) mass is 347 g/mol. The predicted octanol–water partition coefficient (Wildman–Crippen LogP) is 3.67. The largest absolute Gasteiger partial charge is 0.371 e. The van der Waals surface area contributed by atoms with E-state index in [2.05, 4.69) is 57.7 Å². The maximum Gasteiger partial charge on any atom is 0.221 e. The SMILES string of the molecule is O=C(CCN1CCCc2ccccc21)NCCc1c[nH]c2ccccc12. The minimum absolute atomic E-state index is 0.132. The number of nitrogens with zero attached hydrogens (tertiary/aromatic N) is 1. The van der Waals surface area contributed by atoms with Gasteiger partial charge < -0.3 is 15.2 Å². The first kappa shape index (κ1) is 16.7. The molecule has 0 spiro atoms. The van der Waals surface area contributed by atoms with E-state index in [9.17, 15) is 4.79 Å². The van der Waals surface area contributed by atoms with Crippen molar-refractivity contribution in [2.45, 2.75) is 25.7 Å². The Morgan fingerprint density at radius 3 is 2.92 bits per heavy atom. The number of para-hydroxylation sites is 2. The third-order valence-electron chi connectivity index (χ3n) is 5.21. The highest BCUT2D eigenvalue weighted by molar-refractivity contribution is 5.83. The van der Waals surface area contributed by atoms with Gasteiger partial charge in [-0.3, -0.25) is 4.79 Å². The molecule has 0 unspecified atom stereocenters. The Morgan fingerprint density at radius 1 is 1.12 bits per heavy atom.